The summed E-state index contributed by atoms with van der Waals surface area (Å²) in [6.07, 6.45) is 3.85. The first-order valence-corrected chi connectivity index (χ1v) is 8.68. The summed E-state index contributed by atoms with van der Waals surface area (Å²) in [5, 5.41) is 0.808. The highest BCUT2D eigenvalue weighted by atomic mass is 35.5. The highest BCUT2D eigenvalue weighted by molar-refractivity contribution is 6.30. The van der Waals surface area contributed by atoms with Crippen LogP contribution in [0.4, 0.5) is 0 Å². The molecule has 1 aliphatic rings. The molecule has 1 saturated heterocycles. The Bertz CT molecular complexity index is 443. The van der Waals surface area contributed by atoms with Gasteiger partial charge in [-0.3, -0.25) is 0 Å². The standard InChI is InChI=1S/C18H28ClNO/c1-4-14(3)17(13-20-10-6-7-11-20)16-12-15(19)8-9-18(16)21-5-2/h8-9,12,14,17H,4-7,10-11,13H2,1-3H3/t14-,17+/m1/s1. The Morgan fingerprint density at radius 2 is 1.95 bits per heavy atom. The predicted octanol–water partition coefficient (Wildman–Crippen LogP) is 4.96. The van der Waals surface area contributed by atoms with E-state index in [1.807, 2.05) is 19.1 Å². The molecule has 3 heteroatoms. The minimum Gasteiger partial charge on any atom is -0.494 e. The summed E-state index contributed by atoms with van der Waals surface area (Å²) in [5.41, 5.74) is 1.28. The van der Waals surface area contributed by atoms with Gasteiger partial charge in [0.05, 0.1) is 6.61 Å². The van der Waals surface area contributed by atoms with Crippen molar-refractivity contribution < 1.29 is 4.74 Å². The number of halogens is 1. The van der Waals surface area contributed by atoms with Gasteiger partial charge in [-0.25, -0.2) is 0 Å². The lowest BCUT2D eigenvalue weighted by molar-refractivity contribution is 0.265. The van der Waals surface area contributed by atoms with Crippen LogP contribution in [0.2, 0.25) is 5.02 Å². The van der Waals surface area contributed by atoms with Gasteiger partial charge < -0.3 is 9.64 Å². The molecular weight excluding hydrogens is 282 g/mol. The summed E-state index contributed by atoms with van der Waals surface area (Å²) >= 11 is 6.26. The zero-order valence-corrected chi connectivity index (χ0v) is 14.3. The lowest BCUT2D eigenvalue weighted by atomic mass is 9.84. The number of hydrogen-bond acceptors (Lipinski definition) is 2. The number of benzene rings is 1. The van der Waals surface area contributed by atoms with Crippen molar-refractivity contribution in [1.29, 1.82) is 0 Å². The van der Waals surface area contributed by atoms with Gasteiger partial charge in [0.25, 0.3) is 0 Å². The quantitative estimate of drug-likeness (QED) is 0.705. The molecule has 21 heavy (non-hydrogen) atoms. The van der Waals surface area contributed by atoms with Crippen LogP contribution in [-0.4, -0.2) is 31.1 Å². The van der Waals surface area contributed by atoms with Gasteiger partial charge in [-0.05, 0) is 57.0 Å². The fourth-order valence-corrected chi connectivity index (χ4v) is 3.39. The molecule has 0 bridgehead atoms. The Morgan fingerprint density at radius 3 is 2.57 bits per heavy atom. The summed E-state index contributed by atoms with van der Waals surface area (Å²) in [6.45, 7) is 10.9. The van der Waals surface area contributed by atoms with Crippen LogP contribution in [0.1, 0.15) is 51.5 Å². The minimum atomic E-state index is 0.494. The third-order valence-corrected chi connectivity index (χ3v) is 4.89. The van der Waals surface area contributed by atoms with E-state index < -0.39 is 0 Å². The van der Waals surface area contributed by atoms with E-state index in [4.69, 9.17) is 16.3 Å². The lowest BCUT2D eigenvalue weighted by Gasteiger charge is -2.29. The highest BCUT2D eigenvalue weighted by Crippen LogP contribution is 2.36. The van der Waals surface area contributed by atoms with Gasteiger partial charge in [0.15, 0.2) is 0 Å². The molecule has 0 radical (unpaired) electrons. The molecule has 118 valence electrons. The molecule has 2 nitrogen and oxygen atoms in total. The van der Waals surface area contributed by atoms with Gasteiger partial charge in [-0.2, -0.15) is 0 Å². The van der Waals surface area contributed by atoms with Crippen LogP contribution < -0.4 is 4.74 Å². The van der Waals surface area contributed by atoms with E-state index in [1.54, 1.807) is 0 Å². The molecule has 1 aliphatic heterocycles. The maximum atomic E-state index is 6.26. The smallest absolute Gasteiger partial charge is 0.122 e. The van der Waals surface area contributed by atoms with Crippen LogP contribution in [0, 0.1) is 5.92 Å². The van der Waals surface area contributed by atoms with Crippen molar-refractivity contribution in [3.05, 3.63) is 28.8 Å². The second kappa shape index (κ2) is 8.05. The fraction of sp³-hybridized carbons (Fsp3) is 0.667. The molecule has 0 N–H and O–H groups in total. The maximum absolute atomic E-state index is 6.26. The molecule has 0 unspecified atom stereocenters. The minimum absolute atomic E-state index is 0.494. The van der Waals surface area contributed by atoms with Gasteiger partial charge in [0.2, 0.25) is 0 Å². The van der Waals surface area contributed by atoms with Crippen molar-refractivity contribution in [2.24, 2.45) is 5.92 Å². The molecule has 0 aromatic heterocycles. The molecule has 1 aromatic rings. The molecule has 2 atom stereocenters. The summed E-state index contributed by atoms with van der Waals surface area (Å²) in [6, 6.07) is 6.07. The molecule has 0 amide bonds. The second-order valence-electron chi connectivity index (χ2n) is 6.11. The number of hydrogen-bond donors (Lipinski definition) is 0. The van der Waals surface area contributed by atoms with E-state index in [9.17, 15) is 0 Å². The first kappa shape index (κ1) is 16.6. The number of ether oxygens (including phenoxy) is 1. The van der Waals surface area contributed by atoms with Crippen LogP contribution in [0.25, 0.3) is 0 Å². The van der Waals surface area contributed by atoms with Gasteiger partial charge in [0, 0.05) is 23.0 Å². The van der Waals surface area contributed by atoms with Gasteiger partial charge >= 0.3 is 0 Å². The van der Waals surface area contributed by atoms with Crippen LogP contribution in [0.5, 0.6) is 5.75 Å². The molecule has 0 aliphatic carbocycles. The number of nitrogens with zero attached hydrogens (tertiary/aromatic N) is 1. The maximum Gasteiger partial charge on any atom is 0.122 e. The third-order valence-electron chi connectivity index (χ3n) is 4.66. The van der Waals surface area contributed by atoms with E-state index in [1.165, 1.54) is 37.9 Å². The molecular formula is C18H28ClNO. The van der Waals surface area contributed by atoms with Crippen LogP contribution >= 0.6 is 11.6 Å². The Morgan fingerprint density at radius 1 is 1.24 bits per heavy atom. The van der Waals surface area contributed by atoms with Crippen LogP contribution in [0.15, 0.2) is 18.2 Å². The zero-order valence-electron chi connectivity index (χ0n) is 13.6. The van der Waals surface area contributed by atoms with E-state index >= 15 is 0 Å². The normalized spacial score (nSPS) is 18.7. The highest BCUT2D eigenvalue weighted by Gasteiger charge is 2.25. The molecule has 1 aromatic carbocycles. The van der Waals surface area contributed by atoms with Crippen molar-refractivity contribution in [2.45, 2.75) is 46.0 Å². The Balaban J connectivity index is 2.27. The SMILES string of the molecule is CCOc1ccc(Cl)cc1[C@@H](CN1CCCC1)[C@H](C)CC. The molecule has 1 fully saturated rings. The largest absolute Gasteiger partial charge is 0.494 e. The topological polar surface area (TPSA) is 12.5 Å². The average molecular weight is 310 g/mol. The second-order valence-corrected chi connectivity index (χ2v) is 6.55. The summed E-state index contributed by atoms with van der Waals surface area (Å²) in [5.74, 6) is 2.13. The van der Waals surface area contributed by atoms with Crippen molar-refractivity contribution >= 4 is 11.6 Å². The van der Waals surface area contributed by atoms with E-state index in [0.29, 0.717) is 18.4 Å². The summed E-state index contributed by atoms with van der Waals surface area (Å²) in [7, 11) is 0. The number of likely N-dealkylation sites (tertiary alicyclic amines) is 1. The Hall–Kier alpha value is -0.730. The predicted molar refractivity (Wildman–Crippen MR) is 90.5 cm³/mol. The van der Waals surface area contributed by atoms with Crippen LogP contribution in [0.3, 0.4) is 0 Å². The van der Waals surface area contributed by atoms with E-state index in [2.05, 4.69) is 24.8 Å². The summed E-state index contributed by atoms with van der Waals surface area (Å²) in [4.78, 5) is 2.59. The molecule has 0 spiro atoms. The Labute approximate surface area is 134 Å². The van der Waals surface area contributed by atoms with Gasteiger partial charge in [-0.15, -0.1) is 0 Å². The van der Waals surface area contributed by atoms with Crippen molar-refractivity contribution in [3.63, 3.8) is 0 Å². The Kier molecular flexibility index (Phi) is 6.38. The monoisotopic (exact) mass is 309 g/mol. The molecule has 0 saturated carbocycles. The van der Waals surface area contributed by atoms with Crippen molar-refractivity contribution in [2.75, 3.05) is 26.2 Å². The van der Waals surface area contributed by atoms with Gasteiger partial charge in [-0.1, -0.05) is 31.9 Å². The third kappa shape index (κ3) is 4.37. The summed E-state index contributed by atoms with van der Waals surface area (Å²) < 4.78 is 5.85. The average Bonchev–Trinajstić information content (AvgIpc) is 2.99. The first-order chi connectivity index (χ1) is 10.2. The van der Waals surface area contributed by atoms with Crippen LogP contribution in [-0.2, 0) is 0 Å². The first-order valence-electron chi connectivity index (χ1n) is 8.30. The lowest BCUT2D eigenvalue weighted by Crippen LogP contribution is -2.29. The van der Waals surface area contributed by atoms with Crippen molar-refractivity contribution in [3.8, 4) is 5.75 Å². The number of rotatable bonds is 7. The zero-order chi connectivity index (χ0) is 15.2. The fourth-order valence-electron chi connectivity index (χ4n) is 3.21. The van der Waals surface area contributed by atoms with E-state index in [0.717, 1.165) is 17.3 Å². The molecule has 2 rings (SSSR count). The van der Waals surface area contributed by atoms with Gasteiger partial charge in [0.1, 0.15) is 5.75 Å². The van der Waals surface area contributed by atoms with E-state index in [-0.39, 0.29) is 0 Å². The molecule has 1 heterocycles. The van der Waals surface area contributed by atoms with Crippen molar-refractivity contribution in [1.82, 2.24) is 4.90 Å².